The summed E-state index contributed by atoms with van der Waals surface area (Å²) in [6.07, 6.45) is 1.52. The second kappa shape index (κ2) is 7.76. The molecular formula is C17H16N4O2S. The average Bonchev–Trinajstić information content (AvgIpc) is 2.61. The number of phenols is 1. The summed E-state index contributed by atoms with van der Waals surface area (Å²) in [4.78, 5) is 9.09. The van der Waals surface area contributed by atoms with Crippen LogP contribution in [0.3, 0.4) is 0 Å². The molecule has 6 nitrogen and oxygen atoms in total. The number of nitrogens with zero attached hydrogens (tertiary/aromatic N) is 3. The van der Waals surface area contributed by atoms with Crippen LogP contribution in [0.4, 0.5) is 5.82 Å². The van der Waals surface area contributed by atoms with E-state index >= 15 is 0 Å². The quantitative estimate of drug-likeness (QED) is 0.363. The van der Waals surface area contributed by atoms with Crippen molar-refractivity contribution in [2.24, 2.45) is 5.10 Å². The second-order valence-corrected chi connectivity index (χ2v) is 5.95. The van der Waals surface area contributed by atoms with Gasteiger partial charge in [-0.15, -0.1) is 11.8 Å². The lowest BCUT2D eigenvalue weighted by atomic mass is 10.2. The molecule has 3 N–H and O–H groups in total. The van der Waals surface area contributed by atoms with E-state index in [1.165, 1.54) is 18.0 Å². The first kappa shape index (κ1) is 16.2. The third-order valence-corrected chi connectivity index (χ3v) is 4.12. The number of phenolic OH excluding ortho intramolecular Hbond substituents is 1. The SMILES string of the molecule is OCCSc1nc2ccccc2nc1N/N=C\c1ccccc1O. The number of rotatable bonds is 6. The van der Waals surface area contributed by atoms with Crippen molar-refractivity contribution >= 4 is 34.8 Å². The van der Waals surface area contributed by atoms with Crippen molar-refractivity contribution in [3.05, 3.63) is 54.1 Å². The van der Waals surface area contributed by atoms with E-state index in [2.05, 4.69) is 20.5 Å². The van der Waals surface area contributed by atoms with E-state index in [-0.39, 0.29) is 12.4 Å². The van der Waals surface area contributed by atoms with E-state index in [4.69, 9.17) is 5.11 Å². The van der Waals surface area contributed by atoms with E-state index in [0.29, 0.717) is 22.2 Å². The Morgan fingerprint density at radius 3 is 2.50 bits per heavy atom. The minimum absolute atomic E-state index is 0.0553. The van der Waals surface area contributed by atoms with Gasteiger partial charge in [-0.05, 0) is 24.3 Å². The number of aliphatic hydroxyl groups is 1. The standard InChI is InChI=1S/C17H16N4O2S/c22-9-10-24-17-16(19-13-6-2-3-7-14(13)20-17)21-18-11-12-5-1-4-8-15(12)23/h1-8,11,22-23H,9-10H2,(H,19,21)/b18-11-. The Bertz CT molecular complexity index is 870. The maximum absolute atomic E-state index is 9.74. The molecule has 7 heteroatoms. The van der Waals surface area contributed by atoms with E-state index in [1.807, 2.05) is 30.3 Å². The molecule has 122 valence electrons. The molecule has 0 amide bonds. The van der Waals surface area contributed by atoms with Crippen LogP contribution in [-0.4, -0.2) is 38.8 Å². The molecule has 0 aliphatic rings. The number of benzene rings is 2. The minimum Gasteiger partial charge on any atom is -0.507 e. The summed E-state index contributed by atoms with van der Waals surface area (Å²) in [6, 6.07) is 14.5. The maximum atomic E-state index is 9.74. The van der Waals surface area contributed by atoms with Crippen LogP contribution in [0.15, 0.2) is 58.7 Å². The summed E-state index contributed by atoms with van der Waals surface area (Å²) in [5, 5.41) is 23.6. The molecule has 0 radical (unpaired) electrons. The first-order valence-corrected chi connectivity index (χ1v) is 8.34. The molecule has 0 bridgehead atoms. The first-order chi connectivity index (χ1) is 11.8. The van der Waals surface area contributed by atoms with Crippen molar-refractivity contribution in [3.63, 3.8) is 0 Å². The number of nitrogens with one attached hydrogen (secondary N) is 1. The third-order valence-electron chi connectivity index (χ3n) is 3.18. The third kappa shape index (κ3) is 3.81. The zero-order valence-corrected chi connectivity index (χ0v) is 13.6. The number of anilines is 1. The van der Waals surface area contributed by atoms with E-state index in [9.17, 15) is 5.11 Å². The van der Waals surface area contributed by atoms with Crippen LogP contribution < -0.4 is 5.43 Å². The molecular weight excluding hydrogens is 324 g/mol. The Kier molecular flexibility index (Phi) is 5.25. The highest BCUT2D eigenvalue weighted by Crippen LogP contribution is 2.26. The number of para-hydroxylation sites is 3. The van der Waals surface area contributed by atoms with Gasteiger partial charge in [0.2, 0.25) is 0 Å². The molecule has 0 saturated heterocycles. The molecule has 3 rings (SSSR count). The van der Waals surface area contributed by atoms with Gasteiger partial charge in [-0.1, -0.05) is 24.3 Å². The molecule has 0 aliphatic heterocycles. The number of aromatic nitrogens is 2. The van der Waals surface area contributed by atoms with Gasteiger partial charge >= 0.3 is 0 Å². The van der Waals surface area contributed by atoms with Gasteiger partial charge in [-0.2, -0.15) is 5.10 Å². The lowest BCUT2D eigenvalue weighted by Crippen LogP contribution is -2.00. The van der Waals surface area contributed by atoms with Gasteiger partial charge in [-0.3, -0.25) is 5.43 Å². The first-order valence-electron chi connectivity index (χ1n) is 7.35. The zero-order chi connectivity index (χ0) is 16.8. The fourth-order valence-electron chi connectivity index (χ4n) is 2.06. The highest BCUT2D eigenvalue weighted by molar-refractivity contribution is 7.99. The van der Waals surface area contributed by atoms with Crippen molar-refractivity contribution in [1.29, 1.82) is 0 Å². The fraction of sp³-hybridized carbons (Fsp3) is 0.118. The van der Waals surface area contributed by atoms with Gasteiger partial charge in [0.05, 0.1) is 23.9 Å². The summed E-state index contributed by atoms with van der Waals surface area (Å²) in [5.41, 5.74) is 5.01. The van der Waals surface area contributed by atoms with Crippen molar-refractivity contribution in [2.75, 3.05) is 17.8 Å². The van der Waals surface area contributed by atoms with Crippen molar-refractivity contribution < 1.29 is 10.2 Å². The lowest BCUT2D eigenvalue weighted by molar-refractivity contribution is 0.322. The van der Waals surface area contributed by atoms with Gasteiger partial charge in [0, 0.05) is 11.3 Å². The van der Waals surface area contributed by atoms with Gasteiger partial charge in [0.1, 0.15) is 10.8 Å². The van der Waals surface area contributed by atoms with Crippen molar-refractivity contribution in [2.45, 2.75) is 5.03 Å². The summed E-state index contributed by atoms with van der Waals surface area (Å²) in [7, 11) is 0. The van der Waals surface area contributed by atoms with Crippen molar-refractivity contribution in [1.82, 2.24) is 9.97 Å². The number of thioether (sulfide) groups is 1. The van der Waals surface area contributed by atoms with Gasteiger partial charge in [0.15, 0.2) is 5.82 Å². The van der Waals surface area contributed by atoms with Crippen LogP contribution >= 0.6 is 11.8 Å². The number of hydrogen-bond acceptors (Lipinski definition) is 7. The Balaban J connectivity index is 1.87. The van der Waals surface area contributed by atoms with Crippen LogP contribution in [0.2, 0.25) is 0 Å². The number of aliphatic hydroxyl groups excluding tert-OH is 1. The normalized spacial score (nSPS) is 11.2. The molecule has 0 atom stereocenters. The monoisotopic (exact) mass is 340 g/mol. The predicted molar refractivity (Wildman–Crippen MR) is 96.7 cm³/mol. The van der Waals surface area contributed by atoms with Crippen LogP contribution in [0.1, 0.15) is 5.56 Å². The number of aromatic hydroxyl groups is 1. The molecule has 3 aromatic rings. The molecule has 0 fully saturated rings. The Morgan fingerprint density at radius 2 is 1.75 bits per heavy atom. The highest BCUT2D eigenvalue weighted by Gasteiger charge is 2.08. The maximum Gasteiger partial charge on any atom is 0.179 e. The number of fused-ring (bicyclic) bond motifs is 1. The molecule has 1 aromatic heterocycles. The van der Waals surface area contributed by atoms with Gasteiger partial charge in [0.25, 0.3) is 0 Å². The Hall–Kier alpha value is -2.64. The van der Waals surface area contributed by atoms with Gasteiger partial charge in [-0.25, -0.2) is 9.97 Å². The average molecular weight is 340 g/mol. The van der Waals surface area contributed by atoms with Crippen LogP contribution in [0.5, 0.6) is 5.75 Å². The summed E-state index contributed by atoms with van der Waals surface area (Å²) >= 11 is 1.40. The van der Waals surface area contributed by atoms with E-state index in [0.717, 1.165) is 11.0 Å². The highest BCUT2D eigenvalue weighted by atomic mass is 32.2. The largest absolute Gasteiger partial charge is 0.507 e. The van der Waals surface area contributed by atoms with Gasteiger partial charge < -0.3 is 10.2 Å². The molecule has 0 unspecified atom stereocenters. The predicted octanol–water partition coefficient (Wildman–Crippen LogP) is 2.87. The molecule has 0 spiro atoms. The number of hydrogen-bond donors (Lipinski definition) is 3. The van der Waals surface area contributed by atoms with Crippen molar-refractivity contribution in [3.8, 4) is 5.75 Å². The minimum atomic E-state index is 0.0553. The summed E-state index contributed by atoms with van der Waals surface area (Å²) in [6.45, 7) is 0.0553. The Labute approximate surface area is 143 Å². The van der Waals surface area contributed by atoms with Crippen LogP contribution in [-0.2, 0) is 0 Å². The lowest BCUT2D eigenvalue weighted by Gasteiger charge is -2.08. The summed E-state index contributed by atoms with van der Waals surface area (Å²) < 4.78 is 0. The van der Waals surface area contributed by atoms with E-state index < -0.39 is 0 Å². The van der Waals surface area contributed by atoms with E-state index in [1.54, 1.807) is 18.2 Å². The number of hydrazone groups is 1. The van der Waals surface area contributed by atoms with Crippen LogP contribution in [0, 0.1) is 0 Å². The zero-order valence-electron chi connectivity index (χ0n) is 12.8. The topological polar surface area (TPSA) is 90.6 Å². The smallest absolute Gasteiger partial charge is 0.179 e. The molecule has 0 saturated carbocycles. The molecule has 1 heterocycles. The molecule has 0 aliphatic carbocycles. The van der Waals surface area contributed by atoms with Crippen LogP contribution in [0.25, 0.3) is 11.0 Å². The second-order valence-electron chi connectivity index (χ2n) is 4.87. The molecule has 2 aromatic carbocycles. The molecule has 24 heavy (non-hydrogen) atoms. The summed E-state index contributed by atoms with van der Waals surface area (Å²) in [5.74, 6) is 1.19. The fourth-order valence-corrected chi connectivity index (χ4v) is 2.73. The Morgan fingerprint density at radius 1 is 1.04 bits per heavy atom.